The lowest BCUT2D eigenvalue weighted by Gasteiger charge is -2.25. The smallest absolute Gasteiger partial charge is 0.256 e. The third-order valence-electron chi connectivity index (χ3n) is 2.26. The third-order valence-corrected chi connectivity index (χ3v) is 2.64. The molecular weight excluding hydrogens is 253 g/mol. The van der Waals surface area contributed by atoms with E-state index in [4.69, 9.17) is 32.7 Å². The Morgan fingerprint density at radius 2 is 2.25 bits per heavy atom. The van der Waals surface area contributed by atoms with Gasteiger partial charge in [-0.2, -0.15) is 0 Å². The van der Waals surface area contributed by atoms with Gasteiger partial charge in [0.25, 0.3) is 5.91 Å². The SMILES string of the molecule is CCCN(CC1OCC(C)O1)C(=O)C(Cl)Cl. The van der Waals surface area contributed by atoms with Gasteiger partial charge in [0.05, 0.1) is 19.3 Å². The van der Waals surface area contributed by atoms with Gasteiger partial charge in [0.2, 0.25) is 0 Å². The average Bonchev–Trinajstić information content (AvgIpc) is 2.62. The second-order valence-corrected chi connectivity index (χ2v) is 4.89. The molecule has 0 radical (unpaired) electrons. The Morgan fingerprint density at radius 3 is 2.69 bits per heavy atom. The number of hydrogen-bond donors (Lipinski definition) is 0. The van der Waals surface area contributed by atoms with Crippen molar-refractivity contribution in [2.75, 3.05) is 19.7 Å². The van der Waals surface area contributed by atoms with E-state index in [1.807, 2.05) is 13.8 Å². The first kappa shape index (κ1) is 14.0. The highest BCUT2D eigenvalue weighted by molar-refractivity contribution is 6.53. The normalized spacial score (nSPS) is 25.1. The molecule has 0 aromatic rings. The van der Waals surface area contributed by atoms with Gasteiger partial charge in [0.1, 0.15) is 0 Å². The molecule has 1 rings (SSSR count). The van der Waals surface area contributed by atoms with E-state index in [0.717, 1.165) is 6.42 Å². The van der Waals surface area contributed by atoms with Crippen LogP contribution in [0.25, 0.3) is 0 Å². The average molecular weight is 270 g/mol. The topological polar surface area (TPSA) is 38.8 Å². The van der Waals surface area contributed by atoms with Crippen LogP contribution < -0.4 is 0 Å². The van der Waals surface area contributed by atoms with Crippen LogP contribution in [0.15, 0.2) is 0 Å². The number of hydrogen-bond acceptors (Lipinski definition) is 3. The summed E-state index contributed by atoms with van der Waals surface area (Å²) in [7, 11) is 0. The highest BCUT2D eigenvalue weighted by atomic mass is 35.5. The summed E-state index contributed by atoms with van der Waals surface area (Å²) in [6, 6.07) is 0. The Balaban J connectivity index is 2.47. The number of rotatable bonds is 5. The van der Waals surface area contributed by atoms with Crippen molar-refractivity contribution in [1.82, 2.24) is 4.90 Å². The van der Waals surface area contributed by atoms with Gasteiger partial charge in [0.15, 0.2) is 11.1 Å². The maximum Gasteiger partial charge on any atom is 0.256 e. The van der Waals surface area contributed by atoms with Crippen LogP contribution in [-0.4, -0.2) is 47.7 Å². The summed E-state index contributed by atoms with van der Waals surface area (Å²) in [5.41, 5.74) is 0. The molecule has 0 saturated carbocycles. The Kier molecular flexibility index (Phi) is 5.83. The minimum atomic E-state index is -1.02. The van der Waals surface area contributed by atoms with Crippen molar-refractivity contribution in [1.29, 1.82) is 0 Å². The van der Waals surface area contributed by atoms with Crippen molar-refractivity contribution >= 4 is 29.1 Å². The number of carbonyl (C=O) groups excluding carboxylic acids is 1. The van der Waals surface area contributed by atoms with E-state index in [1.165, 1.54) is 0 Å². The number of nitrogens with zero attached hydrogens (tertiary/aromatic N) is 1. The van der Waals surface area contributed by atoms with Crippen molar-refractivity contribution in [3.8, 4) is 0 Å². The second-order valence-electron chi connectivity index (χ2n) is 3.79. The van der Waals surface area contributed by atoms with Gasteiger partial charge in [0, 0.05) is 6.54 Å². The zero-order valence-electron chi connectivity index (χ0n) is 9.49. The molecule has 1 aliphatic heterocycles. The lowest BCUT2D eigenvalue weighted by molar-refractivity contribution is -0.136. The largest absolute Gasteiger partial charge is 0.348 e. The third kappa shape index (κ3) is 4.09. The van der Waals surface area contributed by atoms with Crippen LogP contribution in [0.2, 0.25) is 0 Å². The number of carbonyl (C=O) groups is 1. The molecule has 0 aromatic heterocycles. The van der Waals surface area contributed by atoms with Crippen LogP contribution in [0.5, 0.6) is 0 Å². The molecule has 0 aromatic carbocycles. The predicted octanol–water partition coefficient (Wildman–Crippen LogP) is 1.79. The van der Waals surface area contributed by atoms with Crippen LogP contribution in [0.1, 0.15) is 20.3 Å². The molecule has 1 fully saturated rings. The van der Waals surface area contributed by atoms with Gasteiger partial charge in [-0.15, -0.1) is 0 Å². The number of ether oxygens (including phenoxy) is 2. The highest BCUT2D eigenvalue weighted by Gasteiger charge is 2.28. The summed E-state index contributed by atoms with van der Waals surface area (Å²) < 4.78 is 10.8. The summed E-state index contributed by atoms with van der Waals surface area (Å²) in [6.45, 7) is 5.46. The lowest BCUT2D eigenvalue weighted by atomic mass is 10.4. The second kappa shape index (κ2) is 6.64. The monoisotopic (exact) mass is 269 g/mol. The van der Waals surface area contributed by atoms with E-state index in [-0.39, 0.29) is 18.3 Å². The van der Waals surface area contributed by atoms with Crippen LogP contribution in [0.4, 0.5) is 0 Å². The van der Waals surface area contributed by atoms with E-state index in [1.54, 1.807) is 4.90 Å². The molecule has 1 heterocycles. The number of halogens is 2. The van der Waals surface area contributed by atoms with Gasteiger partial charge in [-0.3, -0.25) is 4.79 Å². The van der Waals surface area contributed by atoms with Crippen molar-refractivity contribution in [3.63, 3.8) is 0 Å². The highest BCUT2D eigenvalue weighted by Crippen LogP contribution is 2.15. The van der Waals surface area contributed by atoms with E-state index in [2.05, 4.69) is 0 Å². The minimum absolute atomic E-state index is 0.0754. The van der Waals surface area contributed by atoms with E-state index >= 15 is 0 Å². The Labute approximate surface area is 106 Å². The van der Waals surface area contributed by atoms with Crippen LogP contribution in [0, 0.1) is 0 Å². The summed E-state index contributed by atoms with van der Waals surface area (Å²) in [5, 5.41) is 0. The fraction of sp³-hybridized carbons (Fsp3) is 0.900. The Bertz CT molecular complexity index is 238. The van der Waals surface area contributed by atoms with Crippen molar-refractivity contribution in [2.45, 2.75) is 37.5 Å². The molecule has 1 aliphatic rings. The first-order valence-electron chi connectivity index (χ1n) is 5.38. The first-order chi connectivity index (χ1) is 7.54. The standard InChI is InChI=1S/C10H17Cl2NO3/c1-3-4-13(10(14)9(11)12)5-8-15-6-7(2)16-8/h7-9H,3-6H2,1-2H3. The van der Waals surface area contributed by atoms with Crippen molar-refractivity contribution in [2.24, 2.45) is 0 Å². The molecule has 1 saturated heterocycles. The molecule has 16 heavy (non-hydrogen) atoms. The quantitative estimate of drug-likeness (QED) is 0.715. The molecule has 2 atom stereocenters. The fourth-order valence-electron chi connectivity index (χ4n) is 1.56. The van der Waals surface area contributed by atoms with Crippen LogP contribution >= 0.6 is 23.2 Å². The van der Waals surface area contributed by atoms with E-state index in [0.29, 0.717) is 19.7 Å². The number of amides is 1. The summed E-state index contributed by atoms with van der Waals surface area (Å²) >= 11 is 11.1. The molecule has 1 amide bonds. The Morgan fingerprint density at radius 1 is 1.56 bits per heavy atom. The van der Waals surface area contributed by atoms with Gasteiger partial charge in [-0.1, -0.05) is 30.1 Å². The molecule has 2 unspecified atom stereocenters. The summed E-state index contributed by atoms with van der Waals surface area (Å²) in [5.74, 6) is -0.295. The molecule has 0 spiro atoms. The van der Waals surface area contributed by atoms with Gasteiger partial charge >= 0.3 is 0 Å². The molecule has 0 N–H and O–H groups in total. The zero-order valence-corrected chi connectivity index (χ0v) is 11.0. The fourth-order valence-corrected chi connectivity index (χ4v) is 1.83. The lowest BCUT2D eigenvalue weighted by Crippen LogP contribution is -2.41. The van der Waals surface area contributed by atoms with Gasteiger partial charge in [-0.05, 0) is 13.3 Å². The van der Waals surface area contributed by atoms with Crippen LogP contribution in [-0.2, 0) is 14.3 Å². The number of alkyl halides is 2. The first-order valence-corrected chi connectivity index (χ1v) is 6.25. The predicted molar refractivity (Wildman–Crippen MR) is 62.7 cm³/mol. The molecule has 0 bridgehead atoms. The zero-order chi connectivity index (χ0) is 12.1. The minimum Gasteiger partial charge on any atom is -0.348 e. The van der Waals surface area contributed by atoms with Gasteiger partial charge < -0.3 is 14.4 Å². The van der Waals surface area contributed by atoms with Crippen LogP contribution in [0.3, 0.4) is 0 Å². The van der Waals surface area contributed by atoms with Crippen molar-refractivity contribution in [3.05, 3.63) is 0 Å². The van der Waals surface area contributed by atoms with E-state index in [9.17, 15) is 4.79 Å². The maximum absolute atomic E-state index is 11.7. The summed E-state index contributed by atoms with van der Waals surface area (Å²) in [6.07, 6.45) is 0.554. The summed E-state index contributed by atoms with van der Waals surface area (Å²) in [4.78, 5) is 12.2. The molecule has 0 aliphatic carbocycles. The van der Waals surface area contributed by atoms with E-state index < -0.39 is 4.84 Å². The molecule has 94 valence electrons. The Hall–Kier alpha value is -0.0300. The molecular formula is C10H17Cl2NO3. The van der Waals surface area contributed by atoms with Gasteiger partial charge in [-0.25, -0.2) is 0 Å². The maximum atomic E-state index is 11.7. The molecule has 6 heteroatoms. The van der Waals surface area contributed by atoms with Crippen molar-refractivity contribution < 1.29 is 14.3 Å². The molecule has 4 nitrogen and oxygen atoms in total.